The number of nitrogens with zero attached hydrogens (tertiary/aromatic N) is 1. The minimum Gasteiger partial charge on any atom is -0.338 e. The van der Waals surface area contributed by atoms with Gasteiger partial charge >= 0.3 is 0 Å². The van der Waals surface area contributed by atoms with E-state index in [0.29, 0.717) is 12.0 Å². The van der Waals surface area contributed by atoms with Crippen molar-refractivity contribution in [2.75, 3.05) is 4.90 Å². The Bertz CT molecular complexity index is 1200. The van der Waals surface area contributed by atoms with Crippen LogP contribution in [-0.4, -0.2) is 6.04 Å². The van der Waals surface area contributed by atoms with Gasteiger partial charge in [-0.15, -0.1) is 0 Å². The molecule has 4 aromatic rings. The fourth-order valence-corrected chi connectivity index (χ4v) is 5.61. The topological polar surface area (TPSA) is 3.24 Å². The molecule has 1 aliphatic carbocycles. The van der Waals surface area contributed by atoms with E-state index in [0.717, 1.165) is 0 Å². The highest BCUT2D eigenvalue weighted by Gasteiger charge is 2.41. The Morgan fingerprint density at radius 1 is 0.656 bits per heavy atom. The summed E-state index contributed by atoms with van der Waals surface area (Å²) in [6.45, 7) is 0. The van der Waals surface area contributed by atoms with Crippen molar-refractivity contribution in [2.24, 2.45) is 0 Å². The van der Waals surface area contributed by atoms with Gasteiger partial charge in [0.2, 0.25) is 0 Å². The van der Waals surface area contributed by atoms with Crippen molar-refractivity contribution >= 4 is 23.0 Å². The van der Waals surface area contributed by atoms with Crippen LogP contribution in [0.5, 0.6) is 0 Å². The molecule has 0 radical (unpaired) electrons. The highest BCUT2D eigenvalue weighted by molar-refractivity contribution is 5.91. The number of benzene rings is 4. The molecule has 0 saturated heterocycles. The van der Waals surface area contributed by atoms with Crippen LogP contribution in [0.2, 0.25) is 0 Å². The Morgan fingerprint density at radius 2 is 1.28 bits per heavy atom. The zero-order valence-corrected chi connectivity index (χ0v) is 18.2. The molecule has 0 aromatic heterocycles. The molecule has 2 aliphatic rings. The predicted molar refractivity (Wildman–Crippen MR) is 135 cm³/mol. The molecule has 0 spiro atoms. The van der Waals surface area contributed by atoms with Gasteiger partial charge in [0, 0.05) is 23.3 Å². The number of hydrogen-bond acceptors (Lipinski definition) is 1. The van der Waals surface area contributed by atoms with Gasteiger partial charge in [-0.05, 0) is 64.9 Å². The first-order valence-corrected chi connectivity index (χ1v) is 11.7. The lowest BCUT2D eigenvalue weighted by Gasteiger charge is -2.27. The first-order chi connectivity index (χ1) is 15.9. The average Bonchev–Trinajstić information content (AvgIpc) is 3.45. The molecule has 6 rings (SSSR count). The molecule has 1 fully saturated rings. The Hall–Kier alpha value is -3.58. The molecule has 1 heteroatoms. The molecule has 2 atom stereocenters. The minimum atomic E-state index is 0.609. The normalized spacial score (nSPS) is 18.8. The van der Waals surface area contributed by atoms with Crippen molar-refractivity contribution in [3.63, 3.8) is 0 Å². The van der Waals surface area contributed by atoms with Crippen molar-refractivity contribution < 1.29 is 0 Å². The smallest absolute Gasteiger partial charge is 0.0449 e. The summed E-state index contributed by atoms with van der Waals surface area (Å²) in [5.41, 5.74) is 9.21. The summed E-state index contributed by atoms with van der Waals surface area (Å²) in [5, 5.41) is 0. The third kappa shape index (κ3) is 3.35. The third-order valence-electron chi connectivity index (χ3n) is 7.06. The molecule has 1 saturated carbocycles. The highest BCUT2D eigenvalue weighted by atomic mass is 15.2. The first-order valence-electron chi connectivity index (χ1n) is 11.7. The lowest BCUT2D eigenvalue weighted by atomic mass is 9.95. The van der Waals surface area contributed by atoms with E-state index in [-0.39, 0.29) is 0 Å². The zero-order chi connectivity index (χ0) is 21.3. The van der Waals surface area contributed by atoms with Crippen LogP contribution in [0.15, 0.2) is 109 Å². The average molecular weight is 414 g/mol. The Morgan fingerprint density at radius 3 is 1.97 bits per heavy atom. The van der Waals surface area contributed by atoms with Crippen LogP contribution in [0, 0.1) is 0 Å². The predicted octanol–water partition coefficient (Wildman–Crippen LogP) is 8.06. The van der Waals surface area contributed by atoms with E-state index < -0.39 is 0 Å². The molecule has 0 bridgehead atoms. The maximum Gasteiger partial charge on any atom is 0.0449 e. The third-order valence-corrected chi connectivity index (χ3v) is 7.06. The largest absolute Gasteiger partial charge is 0.338 e. The molecule has 0 N–H and O–H groups in total. The van der Waals surface area contributed by atoms with Gasteiger partial charge in [-0.1, -0.05) is 97.4 Å². The molecule has 1 aliphatic heterocycles. The van der Waals surface area contributed by atoms with Gasteiger partial charge in [0.15, 0.2) is 0 Å². The second-order valence-corrected chi connectivity index (χ2v) is 8.92. The number of anilines is 2. The number of rotatable bonds is 4. The highest BCUT2D eigenvalue weighted by Crippen LogP contribution is 2.52. The molecule has 0 amide bonds. The van der Waals surface area contributed by atoms with Gasteiger partial charge in [0.05, 0.1) is 0 Å². The van der Waals surface area contributed by atoms with Gasteiger partial charge in [-0.3, -0.25) is 0 Å². The van der Waals surface area contributed by atoms with E-state index >= 15 is 0 Å². The number of fused-ring (bicyclic) bond motifs is 3. The molecule has 156 valence electrons. The molecule has 4 aromatic carbocycles. The van der Waals surface area contributed by atoms with Crippen molar-refractivity contribution in [2.45, 2.75) is 31.2 Å². The fourth-order valence-electron chi connectivity index (χ4n) is 5.61. The Balaban J connectivity index is 1.37. The van der Waals surface area contributed by atoms with Gasteiger partial charge in [0.1, 0.15) is 0 Å². The SMILES string of the molecule is C(=C(c1ccccc1)c1ccccc1)c1ccc(N2c3ccccc3C3CCCC32)cc1. The van der Waals surface area contributed by atoms with E-state index in [1.54, 1.807) is 0 Å². The van der Waals surface area contributed by atoms with Gasteiger partial charge < -0.3 is 4.90 Å². The standard InChI is InChI=1S/C31H27N/c1-3-10-24(11-4-1)29(25-12-5-2-6-13-25)22-23-18-20-26(21-19-23)32-30-16-8-7-14-27(30)28-15-9-17-31(28)32/h1-8,10-14,16,18-22,28,31H,9,15,17H2. The molecular formula is C31H27N. The lowest BCUT2D eigenvalue weighted by Crippen LogP contribution is -2.26. The summed E-state index contributed by atoms with van der Waals surface area (Å²) < 4.78 is 0. The Kier molecular flexibility index (Phi) is 4.88. The summed E-state index contributed by atoms with van der Waals surface area (Å²) in [7, 11) is 0. The summed E-state index contributed by atoms with van der Waals surface area (Å²) in [6.07, 6.45) is 6.24. The molecule has 1 heterocycles. The van der Waals surface area contributed by atoms with Gasteiger partial charge in [-0.2, -0.15) is 0 Å². The van der Waals surface area contributed by atoms with Crippen LogP contribution in [-0.2, 0) is 0 Å². The van der Waals surface area contributed by atoms with Gasteiger partial charge in [0.25, 0.3) is 0 Å². The molecule has 2 unspecified atom stereocenters. The van der Waals surface area contributed by atoms with Crippen molar-refractivity contribution in [3.8, 4) is 0 Å². The second-order valence-electron chi connectivity index (χ2n) is 8.92. The molecule has 32 heavy (non-hydrogen) atoms. The van der Waals surface area contributed by atoms with Crippen molar-refractivity contribution in [1.82, 2.24) is 0 Å². The maximum absolute atomic E-state index is 2.59. The summed E-state index contributed by atoms with van der Waals surface area (Å²) >= 11 is 0. The molecule has 1 nitrogen and oxygen atoms in total. The van der Waals surface area contributed by atoms with Crippen LogP contribution < -0.4 is 4.90 Å². The van der Waals surface area contributed by atoms with E-state index in [1.807, 2.05) is 0 Å². The fraction of sp³-hybridized carbons (Fsp3) is 0.161. The lowest BCUT2D eigenvalue weighted by molar-refractivity contribution is 0.642. The maximum atomic E-state index is 2.59. The number of para-hydroxylation sites is 1. The van der Waals surface area contributed by atoms with Crippen molar-refractivity contribution in [3.05, 3.63) is 131 Å². The van der Waals surface area contributed by atoms with E-state index in [2.05, 4.69) is 120 Å². The monoisotopic (exact) mass is 413 g/mol. The van der Waals surface area contributed by atoms with E-state index in [1.165, 1.54) is 58.5 Å². The van der Waals surface area contributed by atoms with E-state index in [9.17, 15) is 0 Å². The van der Waals surface area contributed by atoms with Crippen LogP contribution in [0.4, 0.5) is 11.4 Å². The van der Waals surface area contributed by atoms with Crippen LogP contribution in [0.3, 0.4) is 0 Å². The summed E-state index contributed by atoms with van der Waals surface area (Å²) in [4.78, 5) is 2.59. The first kappa shape index (κ1) is 19.1. The summed E-state index contributed by atoms with van der Waals surface area (Å²) in [6, 6.07) is 40.1. The van der Waals surface area contributed by atoms with Crippen LogP contribution in [0.1, 0.15) is 47.4 Å². The molecular weight excluding hydrogens is 386 g/mol. The zero-order valence-electron chi connectivity index (χ0n) is 18.2. The van der Waals surface area contributed by atoms with Crippen molar-refractivity contribution in [1.29, 1.82) is 0 Å². The number of hydrogen-bond donors (Lipinski definition) is 0. The van der Waals surface area contributed by atoms with Crippen LogP contribution in [0.25, 0.3) is 11.6 Å². The van der Waals surface area contributed by atoms with Gasteiger partial charge in [-0.25, -0.2) is 0 Å². The minimum absolute atomic E-state index is 0.609. The Labute approximate surface area is 190 Å². The summed E-state index contributed by atoms with van der Waals surface area (Å²) in [5.74, 6) is 0.688. The second kappa shape index (κ2) is 8.16. The van der Waals surface area contributed by atoms with Crippen LogP contribution >= 0.6 is 0 Å². The van der Waals surface area contributed by atoms with E-state index in [4.69, 9.17) is 0 Å². The quantitative estimate of drug-likeness (QED) is 0.306.